The minimum absolute atomic E-state index is 0.135. The summed E-state index contributed by atoms with van der Waals surface area (Å²) in [4.78, 5) is 21.8. The fourth-order valence-electron chi connectivity index (χ4n) is 2.12. The second kappa shape index (κ2) is 5.31. The largest absolute Gasteiger partial charge is 0.471 e. The van der Waals surface area contributed by atoms with E-state index < -0.39 is 17.7 Å². The van der Waals surface area contributed by atoms with E-state index in [9.17, 15) is 18.0 Å². The Kier molecular flexibility index (Phi) is 3.68. The average Bonchev–Trinajstić information content (AvgIpc) is 3.08. The third-order valence-electron chi connectivity index (χ3n) is 3.06. The maximum Gasteiger partial charge on any atom is 0.471 e. The molecule has 2 aromatic rings. The van der Waals surface area contributed by atoms with Crippen LogP contribution in [0, 0.1) is 0 Å². The zero-order valence-electron chi connectivity index (χ0n) is 12.2. The van der Waals surface area contributed by atoms with Gasteiger partial charge in [0.05, 0.1) is 23.4 Å². The van der Waals surface area contributed by atoms with Gasteiger partial charge in [-0.1, -0.05) is 5.16 Å². The van der Waals surface area contributed by atoms with Gasteiger partial charge < -0.3 is 4.52 Å². The van der Waals surface area contributed by atoms with Gasteiger partial charge in [0, 0.05) is 4.88 Å². The molecule has 3 heterocycles. The molecule has 1 aliphatic rings. The molecule has 0 atom stereocenters. The van der Waals surface area contributed by atoms with Gasteiger partial charge in [-0.2, -0.15) is 18.2 Å². The number of hydroxylamine groups is 2. The monoisotopic (exact) mass is 347 g/mol. The van der Waals surface area contributed by atoms with Gasteiger partial charge in [-0.05, 0) is 26.0 Å². The van der Waals surface area contributed by atoms with E-state index in [-0.39, 0.29) is 24.7 Å². The molecule has 0 N–H and O–H groups in total. The second-order valence-electron chi connectivity index (χ2n) is 5.64. The molecule has 1 aliphatic heterocycles. The van der Waals surface area contributed by atoms with Crippen molar-refractivity contribution in [1.29, 1.82) is 0 Å². The lowest BCUT2D eigenvalue weighted by Gasteiger charge is -2.19. The Bertz CT molecular complexity index is 738. The molecule has 1 amide bonds. The molecule has 0 radical (unpaired) electrons. The summed E-state index contributed by atoms with van der Waals surface area (Å²) in [6.45, 7) is 3.84. The standard InChI is InChI=1S/C13H12F3N3O3S/c1-12(2)5-9(20)19(22-12)6-7-3-4-8(23-7)10-17-11(21-18-10)13(14,15)16/h3-4H,5-6H2,1-2H3. The predicted molar refractivity (Wildman–Crippen MR) is 72.9 cm³/mol. The first-order chi connectivity index (χ1) is 10.6. The molecule has 1 saturated heterocycles. The number of aromatic nitrogens is 2. The maximum atomic E-state index is 12.5. The van der Waals surface area contributed by atoms with Crippen LogP contribution in [-0.2, 0) is 22.4 Å². The van der Waals surface area contributed by atoms with E-state index in [4.69, 9.17) is 4.84 Å². The lowest BCUT2D eigenvalue weighted by atomic mass is 10.1. The van der Waals surface area contributed by atoms with E-state index >= 15 is 0 Å². The molecule has 0 bridgehead atoms. The van der Waals surface area contributed by atoms with E-state index in [2.05, 4.69) is 14.7 Å². The number of amides is 1. The third kappa shape index (κ3) is 3.37. The Morgan fingerprint density at radius 1 is 1.39 bits per heavy atom. The van der Waals surface area contributed by atoms with Crippen molar-refractivity contribution in [3.63, 3.8) is 0 Å². The molecule has 0 unspecified atom stereocenters. The lowest BCUT2D eigenvalue weighted by molar-refractivity contribution is -0.194. The zero-order chi connectivity index (χ0) is 16.8. The summed E-state index contributed by atoms with van der Waals surface area (Å²) in [5.74, 6) is -1.66. The summed E-state index contributed by atoms with van der Waals surface area (Å²) >= 11 is 1.17. The highest BCUT2D eigenvalue weighted by atomic mass is 32.1. The van der Waals surface area contributed by atoms with Crippen molar-refractivity contribution in [3.8, 4) is 10.7 Å². The number of alkyl halides is 3. The molecule has 2 aromatic heterocycles. The smallest absolute Gasteiger partial charge is 0.329 e. The number of thiophene rings is 1. The molecule has 10 heteroatoms. The second-order valence-corrected chi connectivity index (χ2v) is 6.81. The summed E-state index contributed by atoms with van der Waals surface area (Å²) in [5.41, 5.74) is -0.549. The van der Waals surface area contributed by atoms with Gasteiger partial charge in [0.1, 0.15) is 0 Å². The summed E-state index contributed by atoms with van der Waals surface area (Å²) in [6, 6.07) is 3.27. The first kappa shape index (κ1) is 15.9. The van der Waals surface area contributed by atoms with E-state index in [1.165, 1.54) is 16.4 Å². The summed E-state index contributed by atoms with van der Waals surface area (Å²) in [5, 5.41) is 4.59. The molecule has 0 aromatic carbocycles. The van der Waals surface area contributed by atoms with Crippen LogP contribution in [0.4, 0.5) is 13.2 Å². The number of halogens is 3. The van der Waals surface area contributed by atoms with Crippen LogP contribution >= 0.6 is 11.3 Å². The number of hydrogen-bond donors (Lipinski definition) is 0. The molecule has 0 saturated carbocycles. The Balaban J connectivity index is 1.74. The van der Waals surface area contributed by atoms with E-state index in [0.29, 0.717) is 4.88 Å². The van der Waals surface area contributed by atoms with Gasteiger partial charge in [0.2, 0.25) is 11.7 Å². The highest BCUT2D eigenvalue weighted by molar-refractivity contribution is 7.15. The van der Waals surface area contributed by atoms with Gasteiger partial charge in [-0.25, -0.2) is 5.06 Å². The fourth-order valence-corrected chi connectivity index (χ4v) is 3.03. The lowest BCUT2D eigenvalue weighted by Crippen LogP contribution is -2.25. The normalized spacial score (nSPS) is 18.0. The van der Waals surface area contributed by atoms with Crippen LogP contribution in [0.25, 0.3) is 10.7 Å². The summed E-state index contributed by atoms with van der Waals surface area (Å²) in [6.07, 6.45) is -4.39. The number of rotatable bonds is 3. The summed E-state index contributed by atoms with van der Waals surface area (Å²) < 4.78 is 41.6. The molecule has 1 fully saturated rings. The minimum atomic E-state index is -4.67. The van der Waals surface area contributed by atoms with Crippen molar-refractivity contribution in [2.24, 2.45) is 0 Å². The van der Waals surface area contributed by atoms with Crippen molar-refractivity contribution in [2.45, 2.75) is 38.6 Å². The van der Waals surface area contributed by atoms with Crippen molar-refractivity contribution in [3.05, 3.63) is 22.9 Å². The van der Waals surface area contributed by atoms with E-state index in [1.807, 2.05) is 13.8 Å². The van der Waals surface area contributed by atoms with Crippen LogP contribution in [-0.4, -0.2) is 26.7 Å². The fraction of sp³-hybridized carbons (Fsp3) is 0.462. The highest BCUT2D eigenvalue weighted by Gasteiger charge is 2.39. The predicted octanol–water partition coefficient (Wildman–Crippen LogP) is 3.26. The van der Waals surface area contributed by atoms with E-state index in [0.717, 1.165) is 4.88 Å². The molecule has 3 rings (SSSR count). The zero-order valence-corrected chi connectivity index (χ0v) is 13.0. The van der Waals surface area contributed by atoms with Gasteiger partial charge in [0.15, 0.2) is 0 Å². The Hall–Kier alpha value is -1.94. The van der Waals surface area contributed by atoms with Crippen LogP contribution in [0.2, 0.25) is 0 Å². The van der Waals surface area contributed by atoms with Gasteiger partial charge in [-0.15, -0.1) is 11.3 Å². The molecular formula is C13H12F3N3O3S. The van der Waals surface area contributed by atoms with Crippen molar-refractivity contribution >= 4 is 17.2 Å². The van der Waals surface area contributed by atoms with Gasteiger partial charge >= 0.3 is 12.1 Å². The van der Waals surface area contributed by atoms with Crippen LogP contribution in [0.15, 0.2) is 16.7 Å². The molecule has 6 nitrogen and oxygen atoms in total. The molecule has 23 heavy (non-hydrogen) atoms. The van der Waals surface area contributed by atoms with Crippen LogP contribution in [0.3, 0.4) is 0 Å². The minimum Gasteiger partial charge on any atom is -0.329 e. The SMILES string of the molecule is CC1(C)CC(=O)N(Cc2ccc(-c3noc(C(F)(F)F)n3)s2)O1. The molecule has 0 spiro atoms. The van der Waals surface area contributed by atoms with Gasteiger partial charge in [0.25, 0.3) is 0 Å². The first-order valence-corrected chi connectivity index (χ1v) is 7.45. The Morgan fingerprint density at radius 3 is 2.70 bits per heavy atom. The van der Waals surface area contributed by atoms with Crippen molar-refractivity contribution in [1.82, 2.24) is 15.2 Å². The number of carbonyl (C=O) groups is 1. The quantitative estimate of drug-likeness (QED) is 0.852. The Morgan fingerprint density at radius 2 is 2.13 bits per heavy atom. The topological polar surface area (TPSA) is 68.5 Å². The third-order valence-corrected chi connectivity index (χ3v) is 4.13. The highest BCUT2D eigenvalue weighted by Crippen LogP contribution is 2.33. The maximum absolute atomic E-state index is 12.5. The van der Waals surface area contributed by atoms with Crippen LogP contribution in [0.5, 0.6) is 0 Å². The van der Waals surface area contributed by atoms with Crippen LogP contribution < -0.4 is 0 Å². The molecule has 0 aliphatic carbocycles. The van der Waals surface area contributed by atoms with Crippen molar-refractivity contribution < 1.29 is 27.3 Å². The average molecular weight is 347 g/mol. The van der Waals surface area contributed by atoms with E-state index in [1.54, 1.807) is 12.1 Å². The summed E-state index contributed by atoms with van der Waals surface area (Å²) in [7, 11) is 0. The Labute approximate surface area is 132 Å². The number of nitrogens with zero attached hydrogens (tertiary/aromatic N) is 3. The molecular weight excluding hydrogens is 335 g/mol. The van der Waals surface area contributed by atoms with Crippen LogP contribution in [0.1, 0.15) is 31.0 Å². The first-order valence-electron chi connectivity index (χ1n) is 6.63. The number of hydrogen-bond acceptors (Lipinski definition) is 6. The van der Waals surface area contributed by atoms with Crippen molar-refractivity contribution in [2.75, 3.05) is 0 Å². The molecule has 124 valence electrons. The number of carbonyl (C=O) groups excluding carboxylic acids is 1. The van der Waals surface area contributed by atoms with Gasteiger partial charge in [-0.3, -0.25) is 9.63 Å².